The summed E-state index contributed by atoms with van der Waals surface area (Å²) in [7, 11) is 1.15. The SMILES string of the molecule is COC(=O)[C@H](Cc1ccccc1[N+](=O)[O-])NC(=O)[C@@H](O)c1ccccc1. The lowest BCUT2D eigenvalue weighted by Crippen LogP contribution is -2.45. The molecule has 0 aliphatic carbocycles. The van der Waals surface area contributed by atoms with Crippen LogP contribution < -0.4 is 5.32 Å². The Morgan fingerprint density at radius 2 is 1.77 bits per heavy atom. The number of hydrogen-bond acceptors (Lipinski definition) is 6. The fourth-order valence-electron chi connectivity index (χ4n) is 2.45. The highest BCUT2D eigenvalue weighted by Crippen LogP contribution is 2.20. The van der Waals surface area contributed by atoms with Gasteiger partial charge in [0.15, 0.2) is 6.10 Å². The van der Waals surface area contributed by atoms with Crippen molar-refractivity contribution in [3.8, 4) is 0 Å². The average Bonchev–Trinajstić information content (AvgIpc) is 2.67. The number of aliphatic hydroxyl groups is 1. The minimum absolute atomic E-state index is 0.142. The molecular formula is C18H18N2O6. The largest absolute Gasteiger partial charge is 0.467 e. The second-order valence-corrected chi connectivity index (χ2v) is 5.49. The minimum atomic E-state index is -1.48. The molecule has 0 aliphatic heterocycles. The molecule has 0 spiro atoms. The van der Waals surface area contributed by atoms with E-state index in [1.807, 2.05) is 0 Å². The third kappa shape index (κ3) is 4.64. The summed E-state index contributed by atoms with van der Waals surface area (Å²) in [6.45, 7) is 0. The third-order valence-electron chi connectivity index (χ3n) is 3.78. The van der Waals surface area contributed by atoms with Gasteiger partial charge in [0.2, 0.25) is 0 Å². The van der Waals surface area contributed by atoms with Gasteiger partial charge in [-0.3, -0.25) is 14.9 Å². The molecule has 2 rings (SSSR count). The van der Waals surface area contributed by atoms with Gasteiger partial charge in [-0.15, -0.1) is 0 Å². The van der Waals surface area contributed by atoms with Crippen LogP contribution in [0, 0.1) is 10.1 Å². The number of nitro benzene ring substituents is 1. The summed E-state index contributed by atoms with van der Waals surface area (Å²) in [6.07, 6.45) is -1.62. The van der Waals surface area contributed by atoms with Crippen LogP contribution in [0.25, 0.3) is 0 Å². The zero-order valence-corrected chi connectivity index (χ0v) is 14.0. The molecule has 2 aromatic rings. The third-order valence-corrected chi connectivity index (χ3v) is 3.78. The smallest absolute Gasteiger partial charge is 0.328 e. The summed E-state index contributed by atoms with van der Waals surface area (Å²) in [5.74, 6) is -1.57. The van der Waals surface area contributed by atoms with Crippen LogP contribution in [0.5, 0.6) is 0 Å². The zero-order chi connectivity index (χ0) is 19.1. The van der Waals surface area contributed by atoms with Crippen LogP contribution in [-0.2, 0) is 20.7 Å². The fourth-order valence-corrected chi connectivity index (χ4v) is 2.45. The van der Waals surface area contributed by atoms with E-state index in [-0.39, 0.29) is 17.7 Å². The van der Waals surface area contributed by atoms with Crippen LogP contribution >= 0.6 is 0 Å². The van der Waals surface area contributed by atoms with Crippen LogP contribution in [0.15, 0.2) is 54.6 Å². The summed E-state index contributed by atoms with van der Waals surface area (Å²) < 4.78 is 4.67. The maximum atomic E-state index is 12.3. The number of amides is 1. The monoisotopic (exact) mass is 358 g/mol. The van der Waals surface area contributed by atoms with Gasteiger partial charge in [0.25, 0.3) is 11.6 Å². The Hall–Kier alpha value is -3.26. The van der Waals surface area contributed by atoms with E-state index in [2.05, 4.69) is 10.1 Å². The quantitative estimate of drug-likeness (QED) is 0.440. The van der Waals surface area contributed by atoms with Gasteiger partial charge >= 0.3 is 5.97 Å². The molecule has 2 aromatic carbocycles. The second-order valence-electron chi connectivity index (χ2n) is 5.49. The van der Waals surface area contributed by atoms with E-state index in [1.165, 1.54) is 18.2 Å². The zero-order valence-electron chi connectivity index (χ0n) is 14.0. The molecule has 0 bridgehead atoms. The van der Waals surface area contributed by atoms with E-state index in [9.17, 15) is 24.8 Å². The van der Waals surface area contributed by atoms with Crippen LogP contribution in [0.1, 0.15) is 17.2 Å². The molecule has 0 saturated heterocycles. The van der Waals surface area contributed by atoms with Crippen molar-refractivity contribution in [1.29, 1.82) is 0 Å². The molecule has 0 fully saturated rings. The normalized spacial score (nSPS) is 12.7. The second kappa shape index (κ2) is 8.72. The maximum absolute atomic E-state index is 12.3. The Morgan fingerprint density at radius 3 is 2.38 bits per heavy atom. The average molecular weight is 358 g/mol. The van der Waals surface area contributed by atoms with Gasteiger partial charge in [0.05, 0.1) is 12.0 Å². The topological polar surface area (TPSA) is 119 Å². The van der Waals surface area contributed by atoms with Gasteiger partial charge in [-0.05, 0) is 5.56 Å². The molecule has 0 aromatic heterocycles. The van der Waals surface area contributed by atoms with E-state index >= 15 is 0 Å². The van der Waals surface area contributed by atoms with Crippen molar-refractivity contribution in [2.45, 2.75) is 18.6 Å². The Labute approximate surface area is 149 Å². The van der Waals surface area contributed by atoms with Gasteiger partial charge in [0.1, 0.15) is 6.04 Å². The van der Waals surface area contributed by atoms with Crippen molar-refractivity contribution in [2.75, 3.05) is 7.11 Å². The van der Waals surface area contributed by atoms with E-state index < -0.39 is 28.9 Å². The molecule has 136 valence electrons. The van der Waals surface area contributed by atoms with Gasteiger partial charge in [-0.25, -0.2) is 4.79 Å². The lowest BCUT2D eigenvalue weighted by molar-refractivity contribution is -0.385. The number of aliphatic hydroxyl groups excluding tert-OH is 1. The van der Waals surface area contributed by atoms with Crippen molar-refractivity contribution in [1.82, 2.24) is 5.32 Å². The first-order valence-corrected chi connectivity index (χ1v) is 7.77. The Morgan fingerprint density at radius 1 is 1.15 bits per heavy atom. The number of methoxy groups -OCH3 is 1. The number of nitrogens with one attached hydrogen (secondary N) is 1. The lowest BCUT2D eigenvalue weighted by atomic mass is 10.0. The summed E-state index contributed by atoms with van der Waals surface area (Å²) in [5, 5.41) is 23.6. The fraction of sp³-hybridized carbons (Fsp3) is 0.222. The Balaban J connectivity index is 2.19. The Kier molecular flexibility index (Phi) is 6.40. The highest BCUT2D eigenvalue weighted by atomic mass is 16.6. The molecule has 26 heavy (non-hydrogen) atoms. The number of hydrogen-bond donors (Lipinski definition) is 2. The number of benzene rings is 2. The molecule has 0 radical (unpaired) electrons. The molecule has 2 N–H and O–H groups in total. The predicted molar refractivity (Wildman–Crippen MR) is 92.1 cm³/mol. The summed E-state index contributed by atoms with van der Waals surface area (Å²) in [5.41, 5.74) is 0.459. The van der Waals surface area contributed by atoms with Crippen molar-refractivity contribution in [3.05, 3.63) is 75.8 Å². The molecule has 0 saturated carbocycles. The molecule has 8 heteroatoms. The minimum Gasteiger partial charge on any atom is -0.467 e. The molecule has 0 aliphatic rings. The van der Waals surface area contributed by atoms with Crippen molar-refractivity contribution in [2.24, 2.45) is 0 Å². The first-order valence-electron chi connectivity index (χ1n) is 7.77. The van der Waals surface area contributed by atoms with Crippen LogP contribution in [0.2, 0.25) is 0 Å². The summed E-state index contributed by atoms with van der Waals surface area (Å²) in [4.78, 5) is 34.8. The van der Waals surface area contributed by atoms with Gasteiger partial charge in [-0.2, -0.15) is 0 Å². The molecular weight excluding hydrogens is 340 g/mol. The number of nitrogens with zero attached hydrogens (tertiary/aromatic N) is 1. The number of para-hydroxylation sites is 1. The predicted octanol–water partition coefficient (Wildman–Crippen LogP) is 1.53. The van der Waals surface area contributed by atoms with Crippen LogP contribution in [-0.4, -0.2) is 35.1 Å². The number of carbonyl (C=O) groups is 2. The van der Waals surface area contributed by atoms with Crippen LogP contribution in [0.4, 0.5) is 5.69 Å². The highest BCUT2D eigenvalue weighted by Gasteiger charge is 2.28. The van der Waals surface area contributed by atoms with E-state index in [0.717, 1.165) is 7.11 Å². The number of rotatable bonds is 7. The van der Waals surface area contributed by atoms with Crippen molar-refractivity contribution >= 4 is 17.6 Å². The number of esters is 1. The van der Waals surface area contributed by atoms with E-state index in [0.29, 0.717) is 5.56 Å². The number of ether oxygens (including phenoxy) is 1. The van der Waals surface area contributed by atoms with Crippen molar-refractivity contribution in [3.63, 3.8) is 0 Å². The van der Waals surface area contributed by atoms with E-state index in [1.54, 1.807) is 36.4 Å². The molecule has 2 atom stereocenters. The van der Waals surface area contributed by atoms with Crippen LogP contribution in [0.3, 0.4) is 0 Å². The number of nitro groups is 1. The lowest BCUT2D eigenvalue weighted by Gasteiger charge is -2.19. The highest BCUT2D eigenvalue weighted by molar-refractivity contribution is 5.87. The van der Waals surface area contributed by atoms with Crippen molar-refractivity contribution < 1.29 is 24.4 Å². The maximum Gasteiger partial charge on any atom is 0.328 e. The molecule has 0 heterocycles. The summed E-state index contributed by atoms with van der Waals surface area (Å²) >= 11 is 0. The van der Waals surface area contributed by atoms with Gasteiger partial charge in [0, 0.05) is 18.1 Å². The number of carbonyl (C=O) groups excluding carboxylic acids is 2. The molecule has 8 nitrogen and oxygen atoms in total. The van der Waals surface area contributed by atoms with Gasteiger partial charge in [-0.1, -0.05) is 48.5 Å². The van der Waals surface area contributed by atoms with E-state index in [4.69, 9.17) is 0 Å². The Bertz CT molecular complexity index is 793. The standard InChI is InChI=1S/C18H18N2O6/c1-26-18(23)14(11-13-9-5-6-10-15(13)20(24)25)19-17(22)16(21)12-7-3-2-4-8-12/h2-10,14,16,21H,11H2,1H3,(H,19,22)/t14-,16-/m0/s1. The molecule has 0 unspecified atom stereocenters. The first-order chi connectivity index (χ1) is 12.4. The molecule has 1 amide bonds. The van der Waals surface area contributed by atoms with Gasteiger partial charge < -0.3 is 15.2 Å². The summed E-state index contributed by atoms with van der Waals surface area (Å²) in [6, 6.07) is 12.9. The first kappa shape index (κ1) is 19.1.